The number of urea groups is 1. The highest BCUT2D eigenvalue weighted by molar-refractivity contribution is 6.37. The van der Waals surface area contributed by atoms with Crippen LogP contribution < -0.4 is 24.8 Å². The minimum Gasteiger partial charge on any atom is -0.504 e. The summed E-state index contributed by atoms with van der Waals surface area (Å²) in [5, 5.41) is 15.5. The van der Waals surface area contributed by atoms with Gasteiger partial charge in [0.2, 0.25) is 5.75 Å². The maximum Gasteiger partial charge on any atom is 0.323 e. The molecule has 0 radical (unpaired) electrons. The fourth-order valence-electron chi connectivity index (χ4n) is 2.24. The Morgan fingerprint density at radius 3 is 2.08 bits per heavy atom. The van der Waals surface area contributed by atoms with E-state index in [0.29, 0.717) is 33.5 Å². The zero-order valence-corrected chi connectivity index (χ0v) is 16.1. The average molecular weight is 401 g/mol. The quantitative estimate of drug-likeness (QED) is 0.634. The van der Waals surface area contributed by atoms with Gasteiger partial charge in [0.25, 0.3) is 0 Å². The molecule has 0 bridgehead atoms. The monoisotopic (exact) mass is 400 g/mol. The van der Waals surface area contributed by atoms with E-state index >= 15 is 0 Å². The maximum atomic E-state index is 12.3. The number of benzene rings is 2. The largest absolute Gasteiger partial charge is 0.504 e. The summed E-state index contributed by atoms with van der Waals surface area (Å²) in [6.45, 7) is 1.66. The van der Waals surface area contributed by atoms with Crippen molar-refractivity contribution < 1.29 is 24.1 Å². The van der Waals surface area contributed by atoms with Crippen molar-refractivity contribution in [2.75, 3.05) is 32.0 Å². The van der Waals surface area contributed by atoms with Crippen molar-refractivity contribution in [1.29, 1.82) is 0 Å². The summed E-state index contributed by atoms with van der Waals surface area (Å²) in [7, 11) is 4.42. The number of halogens is 2. The number of amides is 2. The third kappa shape index (κ3) is 4.00. The molecule has 26 heavy (non-hydrogen) atoms. The van der Waals surface area contributed by atoms with E-state index in [1.165, 1.54) is 27.4 Å². The second-order valence-corrected chi connectivity index (χ2v) is 5.97. The standard InChI is InChI=1S/C17H18Cl2N2O5/c1-8-10(18)7-11(15(22)14(8)19)21-17(23)20-9-5-12(24-2)16(26-4)13(6-9)25-3/h5-7,22H,1-4H3,(H2,20,21,23). The number of phenols is 1. The van der Waals surface area contributed by atoms with E-state index in [1.807, 2.05) is 0 Å². The molecular formula is C17H18Cl2N2O5. The lowest BCUT2D eigenvalue weighted by Crippen LogP contribution is -2.19. The summed E-state index contributed by atoms with van der Waals surface area (Å²) < 4.78 is 15.7. The highest BCUT2D eigenvalue weighted by Crippen LogP contribution is 2.41. The highest BCUT2D eigenvalue weighted by Gasteiger charge is 2.17. The lowest BCUT2D eigenvalue weighted by molar-refractivity contribution is 0.262. The highest BCUT2D eigenvalue weighted by atomic mass is 35.5. The summed E-state index contributed by atoms with van der Waals surface area (Å²) in [5.74, 6) is 0.891. The zero-order valence-electron chi connectivity index (χ0n) is 14.6. The van der Waals surface area contributed by atoms with Crippen LogP contribution in [0.5, 0.6) is 23.0 Å². The summed E-state index contributed by atoms with van der Waals surface area (Å²) in [6, 6.07) is 3.92. The number of ether oxygens (including phenoxy) is 3. The molecule has 3 N–H and O–H groups in total. The molecule has 0 heterocycles. The molecule has 0 spiro atoms. The van der Waals surface area contributed by atoms with Crippen molar-refractivity contribution in [1.82, 2.24) is 0 Å². The van der Waals surface area contributed by atoms with E-state index in [0.717, 1.165) is 0 Å². The number of rotatable bonds is 5. The Labute approximate surface area is 160 Å². The van der Waals surface area contributed by atoms with E-state index in [1.54, 1.807) is 19.1 Å². The second-order valence-electron chi connectivity index (χ2n) is 5.19. The lowest BCUT2D eigenvalue weighted by Gasteiger charge is -2.15. The van der Waals surface area contributed by atoms with Crippen molar-refractivity contribution >= 4 is 40.6 Å². The van der Waals surface area contributed by atoms with E-state index < -0.39 is 6.03 Å². The zero-order chi connectivity index (χ0) is 19.4. The minimum absolute atomic E-state index is 0.0700. The first-order valence-electron chi connectivity index (χ1n) is 7.37. The Morgan fingerprint density at radius 2 is 1.58 bits per heavy atom. The number of methoxy groups -OCH3 is 3. The molecule has 0 aliphatic rings. The third-order valence-electron chi connectivity index (χ3n) is 3.59. The van der Waals surface area contributed by atoms with Crippen LogP contribution in [0.1, 0.15) is 5.56 Å². The van der Waals surface area contributed by atoms with E-state index in [-0.39, 0.29) is 16.5 Å². The smallest absolute Gasteiger partial charge is 0.323 e. The van der Waals surface area contributed by atoms with Crippen molar-refractivity contribution in [3.8, 4) is 23.0 Å². The first kappa shape index (κ1) is 19.8. The summed E-state index contributed by atoms with van der Waals surface area (Å²) in [4.78, 5) is 12.3. The number of hydrogen-bond donors (Lipinski definition) is 3. The van der Waals surface area contributed by atoms with Gasteiger partial charge in [-0.1, -0.05) is 23.2 Å². The molecule has 0 saturated heterocycles. The molecule has 0 aliphatic carbocycles. The van der Waals surface area contributed by atoms with Crippen LogP contribution in [0.3, 0.4) is 0 Å². The molecule has 0 fully saturated rings. The first-order valence-corrected chi connectivity index (χ1v) is 8.13. The molecular weight excluding hydrogens is 383 g/mol. The van der Waals surface area contributed by atoms with Gasteiger partial charge >= 0.3 is 6.03 Å². The molecule has 140 valence electrons. The van der Waals surface area contributed by atoms with E-state index in [9.17, 15) is 9.90 Å². The van der Waals surface area contributed by atoms with Crippen molar-refractivity contribution in [3.63, 3.8) is 0 Å². The van der Waals surface area contributed by atoms with Crippen molar-refractivity contribution in [3.05, 3.63) is 33.8 Å². The summed E-state index contributed by atoms with van der Waals surface area (Å²) in [6.07, 6.45) is 0. The van der Waals surface area contributed by atoms with Crippen LogP contribution in [-0.2, 0) is 0 Å². The molecule has 0 aliphatic heterocycles. The van der Waals surface area contributed by atoms with Crippen molar-refractivity contribution in [2.45, 2.75) is 6.92 Å². The van der Waals surface area contributed by atoms with Crippen LogP contribution in [-0.4, -0.2) is 32.5 Å². The van der Waals surface area contributed by atoms with Crippen LogP contribution >= 0.6 is 23.2 Å². The number of hydrogen-bond acceptors (Lipinski definition) is 5. The van der Waals surface area contributed by atoms with Crippen molar-refractivity contribution in [2.24, 2.45) is 0 Å². The molecule has 0 unspecified atom stereocenters. The van der Waals surface area contributed by atoms with Crippen LogP contribution in [0.2, 0.25) is 10.0 Å². The maximum absolute atomic E-state index is 12.3. The van der Waals surface area contributed by atoms with Crippen LogP contribution in [0.4, 0.5) is 16.2 Å². The van der Waals surface area contributed by atoms with Crippen LogP contribution in [0, 0.1) is 6.92 Å². The number of nitrogens with one attached hydrogen (secondary N) is 2. The number of anilines is 2. The molecule has 2 amide bonds. The predicted molar refractivity (Wildman–Crippen MR) is 102 cm³/mol. The molecule has 2 aromatic carbocycles. The Hall–Kier alpha value is -2.51. The summed E-state index contributed by atoms with van der Waals surface area (Å²) in [5.41, 5.74) is 0.984. The molecule has 9 heteroatoms. The normalized spacial score (nSPS) is 10.2. The Balaban J connectivity index is 2.26. The van der Waals surface area contributed by atoms with Gasteiger partial charge in [-0.3, -0.25) is 0 Å². The molecule has 7 nitrogen and oxygen atoms in total. The SMILES string of the molecule is COc1cc(NC(=O)Nc2cc(Cl)c(C)c(Cl)c2O)cc(OC)c1OC. The Bertz CT molecular complexity index is 817. The third-order valence-corrected chi connectivity index (χ3v) is 4.45. The predicted octanol–water partition coefficient (Wildman–Crippen LogP) is 4.68. The van der Waals surface area contributed by atoms with Gasteiger partial charge in [-0.2, -0.15) is 0 Å². The average Bonchev–Trinajstić information content (AvgIpc) is 2.63. The second kappa shape index (κ2) is 8.25. The Morgan fingerprint density at radius 1 is 1.00 bits per heavy atom. The van der Waals surface area contributed by atoms with Gasteiger partial charge in [0.1, 0.15) is 0 Å². The fraction of sp³-hybridized carbons (Fsp3) is 0.235. The molecule has 2 rings (SSSR count). The van der Waals surface area contributed by atoms with Gasteiger partial charge in [0.05, 0.1) is 37.7 Å². The number of phenolic OH excluding ortho intramolecular Hbond substituents is 1. The van der Waals surface area contributed by atoms with E-state index in [4.69, 9.17) is 37.4 Å². The van der Waals surface area contributed by atoms with Gasteiger partial charge < -0.3 is 30.0 Å². The first-order chi connectivity index (χ1) is 12.3. The molecule has 2 aromatic rings. The van der Waals surface area contributed by atoms with Gasteiger partial charge in [-0.05, 0) is 18.6 Å². The number of carbonyl (C=O) groups excluding carboxylic acids is 1. The topological polar surface area (TPSA) is 89.1 Å². The lowest BCUT2D eigenvalue weighted by atomic mass is 10.2. The van der Waals surface area contributed by atoms with Gasteiger partial charge in [0.15, 0.2) is 17.2 Å². The Kier molecular flexibility index (Phi) is 6.28. The van der Waals surface area contributed by atoms with Gasteiger partial charge in [0, 0.05) is 17.2 Å². The van der Waals surface area contributed by atoms with Crippen LogP contribution in [0.25, 0.3) is 0 Å². The van der Waals surface area contributed by atoms with Gasteiger partial charge in [-0.25, -0.2) is 4.79 Å². The molecule has 0 aromatic heterocycles. The van der Waals surface area contributed by atoms with E-state index in [2.05, 4.69) is 10.6 Å². The summed E-state index contributed by atoms with van der Waals surface area (Å²) >= 11 is 12.0. The van der Waals surface area contributed by atoms with Gasteiger partial charge in [-0.15, -0.1) is 0 Å². The minimum atomic E-state index is -0.620. The molecule has 0 saturated carbocycles. The number of aromatic hydroxyl groups is 1. The molecule has 0 atom stereocenters. The van der Waals surface area contributed by atoms with Crippen LogP contribution in [0.15, 0.2) is 18.2 Å². The number of carbonyl (C=O) groups is 1. The fourth-order valence-corrected chi connectivity index (χ4v) is 2.69.